The molecule has 1 aromatic heterocycles. The maximum atomic E-state index is 13.1. The molecule has 2 N–H and O–H groups in total. The van der Waals surface area contributed by atoms with Crippen LogP contribution in [0.1, 0.15) is 27.0 Å². The molecule has 7 nitrogen and oxygen atoms in total. The number of rotatable bonds is 6. The van der Waals surface area contributed by atoms with Gasteiger partial charge >= 0.3 is 5.69 Å². The van der Waals surface area contributed by atoms with Crippen LogP contribution in [0.4, 0.5) is 0 Å². The Morgan fingerprint density at radius 3 is 2.39 bits per heavy atom. The summed E-state index contributed by atoms with van der Waals surface area (Å²) in [4.78, 5) is 52.6. The lowest BCUT2D eigenvalue weighted by Gasteiger charge is -2.13. The van der Waals surface area contributed by atoms with Crippen LogP contribution in [-0.2, 0) is 11.2 Å². The number of aryl methyl sites for hydroxylation is 2. The predicted octanol–water partition coefficient (Wildman–Crippen LogP) is 2.84. The Balaban J connectivity index is 1.60. The fourth-order valence-corrected chi connectivity index (χ4v) is 3.97. The number of carbonyl (C=O) groups excluding carboxylic acids is 2. The first-order chi connectivity index (χ1) is 15.9. The molecule has 1 amide bonds. The normalized spacial score (nSPS) is 11.8. The molecule has 0 aliphatic rings. The lowest BCUT2D eigenvalue weighted by molar-refractivity contribution is -0.109. The van der Waals surface area contributed by atoms with Crippen molar-refractivity contribution < 1.29 is 9.59 Å². The third kappa shape index (κ3) is 4.52. The van der Waals surface area contributed by atoms with Gasteiger partial charge in [0.15, 0.2) is 0 Å². The average Bonchev–Trinajstić information content (AvgIpc) is 2.79. The van der Waals surface area contributed by atoms with Gasteiger partial charge in [0, 0.05) is 5.56 Å². The van der Waals surface area contributed by atoms with Crippen LogP contribution >= 0.6 is 0 Å². The third-order valence-corrected chi connectivity index (χ3v) is 5.51. The van der Waals surface area contributed by atoms with Crippen molar-refractivity contribution in [1.29, 1.82) is 0 Å². The van der Waals surface area contributed by atoms with Crippen LogP contribution in [0.3, 0.4) is 0 Å². The maximum absolute atomic E-state index is 13.1. The summed E-state index contributed by atoms with van der Waals surface area (Å²) in [7, 11) is 0. The number of hydrogen-bond acceptors (Lipinski definition) is 4. The molecular formula is C26H23N3O4. The van der Waals surface area contributed by atoms with Gasteiger partial charge in [-0.1, -0.05) is 36.4 Å². The Labute approximate surface area is 189 Å². The summed E-state index contributed by atoms with van der Waals surface area (Å²) in [5.74, 6) is -0.416. The van der Waals surface area contributed by atoms with Gasteiger partial charge in [-0.05, 0) is 67.3 Å². The molecule has 0 saturated carbocycles. The molecule has 1 atom stereocenters. The molecule has 0 radical (unpaired) electrons. The quantitative estimate of drug-likeness (QED) is 0.449. The topological polar surface area (TPSA) is 101 Å². The van der Waals surface area contributed by atoms with Crippen molar-refractivity contribution in [3.05, 3.63) is 110 Å². The minimum absolute atomic E-state index is 0.315. The second-order valence-corrected chi connectivity index (χ2v) is 8.03. The Morgan fingerprint density at radius 1 is 1.03 bits per heavy atom. The van der Waals surface area contributed by atoms with E-state index >= 15 is 0 Å². The van der Waals surface area contributed by atoms with Crippen LogP contribution < -0.4 is 16.6 Å². The molecule has 33 heavy (non-hydrogen) atoms. The zero-order chi connectivity index (χ0) is 23.5. The van der Waals surface area contributed by atoms with E-state index in [0.29, 0.717) is 34.9 Å². The van der Waals surface area contributed by atoms with E-state index in [4.69, 9.17) is 0 Å². The Hall–Kier alpha value is -4.26. The largest absolute Gasteiger partial charge is 0.342 e. The van der Waals surface area contributed by atoms with E-state index in [2.05, 4.69) is 10.3 Å². The minimum Gasteiger partial charge on any atom is -0.342 e. The Bertz CT molecular complexity index is 1450. The molecule has 0 aliphatic heterocycles. The molecule has 1 unspecified atom stereocenters. The van der Waals surface area contributed by atoms with Crippen LogP contribution in [0, 0.1) is 13.8 Å². The molecule has 0 aliphatic carbocycles. The fraction of sp³-hybridized carbons (Fsp3) is 0.154. The highest BCUT2D eigenvalue weighted by molar-refractivity contribution is 5.95. The zero-order valence-electron chi connectivity index (χ0n) is 18.3. The summed E-state index contributed by atoms with van der Waals surface area (Å²) in [6.07, 6.45) is 1.09. The summed E-state index contributed by atoms with van der Waals surface area (Å²) in [5, 5.41) is 3.15. The van der Waals surface area contributed by atoms with E-state index in [1.165, 1.54) is 24.3 Å². The maximum Gasteiger partial charge on any atom is 0.333 e. The number of aldehydes is 1. The number of amides is 1. The van der Waals surface area contributed by atoms with E-state index < -0.39 is 23.2 Å². The first kappa shape index (κ1) is 22.0. The van der Waals surface area contributed by atoms with Crippen molar-refractivity contribution >= 4 is 23.1 Å². The van der Waals surface area contributed by atoms with Gasteiger partial charge in [0.1, 0.15) is 6.29 Å². The van der Waals surface area contributed by atoms with Crippen molar-refractivity contribution in [3.8, 4) is 5.69 Å². The molecule has 1 heterocycles. The molecule has 4 rings (SSSR count). The molecule has 7 heteroatoms. The second-order valence-electron chi connectivity index (χ2n) is 8.03. The highest BCUT2D eigenvalue weighted by Gasteiger charge is 2.15. The van der Waals surface area contributed by atoms with E-state index in [-0.39, 0.29) is 0 Å². The number of aromatic nitrogens is 2. The van der Waals surface area contributed by atoms with Gasteiger partial charge in [0.05, 0.1) is 22.6 Å². The van der Waals surface area contributed by atoms with Gasteiger partial charge in [0.2, 0.25) is 0 Å². The Morgan fingerprint density at radius 2 is 1.73 bits per heavy atom. The molecule has 166 valence electrons. The average molecular weight is 441 g/mol. The van der Waals surface area contributed by atoms with Gasteiger partial charge in [-0.2, -0.15) is 0 Å². The third-order valence-electron chi connectivity index (χ3n) is 5.51. The highest BCUT2D eigenvalue weighted by atomic mass is 16.2. The second kappa shape index (κ2) is 9.08. The predicted molar refractivity (Wildman–Crippen MR) is 127 cm³/mol. The number of nitrogens with zero attached hydrogens (tertiary/aromatic N) is 1. The van der Waals surface area contributed by atoms with Crippen molar-refractivity contribution in [2.45, 2.75) is 26.3 Å². The van der Waals surface area contributed by atoms with Gasteiger partial charge in [-0.3, -0.25) is 9.59 Å². The van der Waals surface area contributed by atoms with Crippen molar-refractivity contribution in [3.63, 3.8) is 0 Å². The van der Waals surface area contributed by atoms with Gasteiger partial charge < -0.3 is 15.1 Å². The SMILES string of the molecule is Cc1cc(C)c2c(=O)n(-c3ccc(C(=O)NC(C=O)Cc4ccccc4)cc3)c(=O)[nH]c2c1. The number of H-pyrrole nitrogens is 1. The smallest absolute Gasteiger partial charge is 0.333 e. The number of benzene rings is 3. The van der Waals surface area contributed by atoms with E-state index in [9.17, 15) is 19.2 Å². The molecule has 4 aromatic rings. The monoisotopic (exact) mass is 441 g/mol. The van der Waals surface area contributed by atoms with E-state index in [1.807, 2.05) is 50.2 Å². The van der Waals surface area contributed by atoms with Gasteiger partial charge in [-0.25, -0.2) is 9.36 Å². The molecule has 0 bridgehead atoms. The lowest BCUT2D eigenvalue weighted by atomic mass is 10.1. The number of fused-ring (bicyclic) bond motifs is 1. The molecular weight excluding hydrogens is 418 g/mol. The van der Waals surface area contributed by atoms with Crippen LogP contribution in [-0.4, -0.2) is 27.8 Å². The number of carbonyl (C=O) groups is 2. The van der Waals surface area contributed by atoms with Crippen LogP contribution in [0.15, 0.2) is 76.3 Å². The summed E-state index contributed by atoms with van der Waals surface area (Å²) in [5.41, 5.74) is 2.83. The minimum atomic E-state index is -0.669. The first-order valence-electron chi connectivity index (χ1n) is 10.5. The molecule has 0 saturated heterocycles. The van der Waals surface area contributed by atoms with Crippen molar-refractivity contribution in [1.82, 2.24) is 14.9 Å². The zero-order valence-corrected chi connectivity index (χ0v) is 18.3. The van der Waals surface area contributed by atoms with Crippen LogP contribution in [0.25, 0.3) is 16.6 Å². The number of aromatic amines is 1. The van der Waals surface area contributed by atoms with Gasteiger partial charge in [-0.15, -0.1) is 0 Å². The molecule has 0 fully saturated rings. The summed E-state index contributed by atoms with van der Waals surface area (Å²) < 4.78 is 1.05. The van der Waals surface area contributed by atoms with Gasteiger partial charge in [0.25, 0.3) is 11.5 Å². The summed E-state index contributed by atoms with van der Waals surface area (Å²) >= 11 is 0. The van der Waals surface area contributed by atoms with E-state index in [0.717, 1.165) is 21.3 Å². The highest BCUT2D eigenvalue weighted by Crippen LogP contribution is 2.15. The molecule has 0 spiro atoms. The summed E-state index contributed by atoms with van der Waals surface area (Å²) in [6, 6.07) is 18.5. The van der Waals surface area contributed by atoms with Crippen molar-refractivity contribution in [2.24, 2.45) is 0 Å². The summed E-state index contributed by atoms with van der Waals surface area (Å²) in [6.45, 7) is 3.72. The number of hydrogen-bond donors (Lipinski definition) is 2. The lowest BCUT2D eigenvalue weighted by Crippen LogP contribution is -2.37. The Kier molecular flexibility index (Phi) is 6.04. The van der Waals surface area contributed by atoms with Crippen LogP contribution in [0.2, 0.25) is 0 Å². The van der Waals surface area contributed by atoms with Crippen LogP contribution in [0.5, 0.6) is 0 Å². The first-order valence-corrected chi connectivity index (χ1v) is 10.5. The number of nitrogens with one attached hydrogen (secondary N) is 2. The molecule has 3 aromatic carbocycles. The van der Waals surface area contributed by atoms with Crippen molar-refractivity contribution in [2.75, 3.05) is 0 Å². The standard InChI is InChI=1S/C26H23N3O4/c1-16-12-17(2)23-22(13-16)28-26(33)29(25(23)32)21-10-8-19(9-11-21)24(31)27-20(15-30)14-18-6-4-3-5-7-18/h3-13,15,20H,14H2,1-2H3,(H,27,31)(H,28,33). The fourth-order valence-electron chi connectivity index (χ4n) is 3.97. The van der Waals surface area contributed by atoms with E-state index in [1.54, 1.807) is 6.07 Å².